The first-order valence-electron chi connectivity index (χ1n) is 7.20. The molecule has 1 amide bonds. The highest BCUT2D eigenvalue weighted by molar-refractivity contribution is 5.81. The smallest absolute Gasteiger partial charge is 0.251 e. The monoisotopic (exact) mass is 325 g/mol. The van der Waals surface area contributed by atoms with Crippen molar-refractivity contribution in [1.82, 2.24) is 5.32 Å². The number of rotatable bonds is 11. The quantitative estimate of drug-likeness (QED) is 0.151. The van der Waals surface area contributed by atoms with Crippen molar-refractivity contribution in [3.8, 4) is 0 Å². The van der Waals surface area contributed by atoms with Crippen molar-refractivity contribution in [3.63, 3.8) is 0 Å². The van der Waals surface area contributed by atoms with Crippen LogP contribution in [-0.4, -0.2) is 112 Å². The third-order valence-electron chi connectivity index (χ3n) is 3.47. The minimum absolute atomic E-state index is 0.0648. The number of hydrogen-bond acceptors (Lipinski definition) is 7. The number of quaternary nitrogens is 1. The molecule has 7 N–H and O–H groups in total. The number of nitrogens with one attached hydrogen (secondary N) is 1. The number of nitrogens with zero attached hydrogens (tertiary/aromatic N) is 1. The summed E-state index contributed by atoms with van der Waals surface area (Å²) < 4.78 is 0.582. The van der Waals surface area contributed by atoms with Gasteiger partial charge in [-0.05, 0) is 0 Å². The molecule has 0 unspecified atom stereocenters. The van der Waals surface area contributed by atoms with Gasteiger partial charge in [0, 0.05) is 13.0 Å². The summed E-state index contributed by atoms with van der Waals surface area (Å²) in [6.07, 6.45) is -6.68. The number of aliphatic hydroxyl groups excluding tert-OH is 6. The molecule has 0 rings (SSSR count). The van der Waals surface area contributed by atoms with Gasteiger partial charge in [-0.2, -0.15) is 0 Å². The van der Waals surface area contributed by atoms with Crippen LogP contribution in [0.1, 0.15) is 6.42 Å². The van der Waals surface area contributed by atoms with Crippen molar-refractivity contribution in [2.75, 3.05) is 46.9 Å². The first-order chi connectivity index (χ1) is 10.2. The molecule has 0 saturated carbocycles. The zero-order chi connectivity index (χ0) is 17.3. The highest BCUT2D eigenvalue weighted by Crippen LogP contribution is 2.05. The Morgan fingerprint density at radius 3 is 2.14 bits per heavy atom. The van der Waals surface area contributed by atoms with Gasteiger partial charge in [0.2, 0.25) is 0 Å². The first kappa shape index (κ1) is 21.2. The minimum Gasteiger partial charge on any atom is -0.394 e. The van der Waals surface area contributed by atoms with Gasteiger partial charge >= 0.3 is 0 Å². The summed E-state index contributed by atoms with van der Waals surface area (Å²) in [5.41, 5.74) is 0. The molecule has 0 bridgehead atoms. The zero-order valence-corrected chi connectivity index (χ0v) is 13.1. The summed E-state index contributed by atoms with van der Waals surface area (Å²) in [7, 11) is 3.87. The highest BCUT2D eigenvalue weighted by atomic mass is 16.4. The van der Waals surface area contributed by atoms with E-state index in [-0.39, 0.29) is 13.2 Å². The zero-order valence-electron chi connectivity index (χ0n) is 13.1. The molecule has 0 saturated heterocycles. The summed E-state index contributed by atoms with van der Waals surface area (Å²) in [6, 6.07) is 0. The molecule has 0 aromatic rings. The number of aliphatic hydroxyl groups is 6. The van der Waals surface area contributed by atoms with E-state index in [1.54, 1.807) is 0 Å². The molecule has 0 aliphatic carbocycles. The van der Waals surface area contributed by atoms with E-state index in [4.69, 9.17) is 15.3 Å². The first-order valence-corrected chi connectivity index (χ1v) is 7.20. The predicted molar refractivity (Wildman–Crippen MR) is 77.7 cm³/mol. The summed E-state index contributed by atoms with van der Waals surface area (Å²) >= 11 is 0. The molecule has 0 aliphatic rings. The standard InChI is InChI=1S/C13H28N2O7/c1-15(2,6-7-16)5-3-4-14-13(22)12(21)11(20)10(19)9(18)8-17/h9-12,16-21H,3-8H2,1-2H3/p+1/t9-,10-,11+,12-/m0/s1. The van der Waals surface area contributed by atoms with Gasteiger partial charge in [-0.25, -0.2) is 0 Å². The van der Waals surface area contributed by atoms with Gasteiger partial charge in [0.25, 0.3) is 5.91 Å². The molecule has 4 atom stereocenters. The molecular formula is C13H29N2O7+. The lowest BCUT2D eigenvalue weighted by molar-refractivity contribution is -0.890. The van der Waals surface area contributed by atoms with Gasteiger partial charge in [-0.3, -0.25) is 4.79 Å². The van der Waals surface area contributed by atoms with E-state index in [1.165, 1.54) is 0 Å². The van der Waals surface area contributed by atoms with Crippen LogP contribution in [0.25, 0.3) is 0 Å². The molecule has 0 aromatic carbocycles. The Bertz CT molecular complexity index is 328. The summed E-state index contributed by atoms with van der Waals surface area (Å²) in [5.74, 6) is -0.871. The van der Waals surface area contributed by atoms with Crippen LogP contribution in [0.5, 0.6) is 0 Å². The molecule has 0 fully saturated rings. The van der Waals surface area contributed by atoms with Gasteiger partial charge in [0.1, 0.15) is 24.9 Å². The maximum Gasteiger partial charge on any atom is 0.251 e. The fourth-order valence-corrected chi connectivity index (χ4v) is 1.88. The maximum absolute atomic E-state index is 11.6. The van der Waals surface area contributed by atoms with Crippen LogP contribution in [0.3, 0.4) is 0 Å². The van der Waals surface area contributed by atoms with E-state index in [9.17, 15) is 20.1 Å². The maximum atomic E-state index is 11.6. The summed E-state index contributed by atoms with van der Waals surface area (Å²) in [6.45, 7) is 0.806. The Morgan fingerprint density at radius 2 is 1.64 bits per heavy atom. The van der Waals surface area contributed by atoms with Gasteiger partial charge in [0.15, 0.2) is 6.10 Å². The second-order valence-corrected chi connectivity index (χ2v) is 5.93. The molecule has 0 heterocycles. The second kappa shape index (κ2) is 10.1. The minimum atomic E-state index is -1.91. The Labute approximate surface area is 130 Å². The third kappa shape index (κ3) is 7.45. The van der Waals surface area contributed by atoms with Gasteiger partial charge in [-0.15, -0.1) is 0 Å². The number of hydrogen-bond donors (Lipinski definition) is 7. The van der Waals surface area contributed by atoms with E-state index in [1.807, 2.05) is 14.1 Å². The van der Waals surface area contributed by atoms with Crippen LogP contribution < -0.4 is 5.32 Å². The average Bonchev–Trinajstić information content (AvgIpc) is 2.48. The molecule has 9 nitrogen and oxygen atoms in total. The molecule has 0 aliphatic heterocycles. The van der Waals surface area contributed by atoms with Crippen LogP contribution in [0.2, 0.25) is 0 Å². The largest absolute Gasteiger partial charge is 0.394 e. The Hall–Kier alpha value is -0.810. The lowest BCUT2D eigenvalue weighted by Crippen LogP contribution is -2.52. The van der Waals surface area contributed by atoms with Crippen molar-refractivity contribution in [1.29, 1.82) is 0 Å². The molecule has 132 valence electrons. The molecule has 22 heavy (non-hydrogen) atoms. The van der Waals surface area contributed by atoms with Crippen LogP contribution in [-0.2, 0) is 4.79 Å². The fraction of sp³-hybridized carbons (Fsp3) is 0.923. The Balaban J connectivity index is 4.16. The predicted octanol–water partition coefficient (Wildman–Crippen LogP) is -4.00. The molecule has 0 spiro atoms. The van der Waals surface area contributed by atoms with Crippen molar-refractivity contribution in [3.05, 3.63) is 0 Å². The van der Waals surface area contributed by atoms with E-state index in [2.05, 4.69) is 5.32 Å². The van der Waals surface area contributed by atoms with E-state index in [0.29, 0.717) is 24.0 Å². The van der Waals surface area contributed by atoms with Gasteiger partial charge in [0.05, 0.1) is 33.9 Å². The van der Waals surface area contributed by atoms with Crippen molar-refractivity contribution < 1.29 is 39.9 Å². The molecule has 0 aromatic heterocycles. The lowest BCUT2D eigenvalue weighted by Gasteiger charge is -2.29. The number of carbonyl (C=O) groups excluding carboxylic acids is 1. The Kier molecular flexibility index (Phi) is 9.69. The molecule has 0 radical (unpaired) electrons. The van der Waals surface area contributed by atoms with Gasteiger partial charge < -0.3 is 40.4 Å². The van der Waals surface area contributed by atoms with Crippen LogP contribution in [0.4, 0.5) is 0 Å². The summed E-state index contributed by atoms with van der Waals surface area (Å²) in [4.78, 5) is 11.6. The normalized spacial score (nSPS) is 17.6. The summed E-state index contributed by atoms with van der Waals surface area (Å²) in [5, 5.41) is 57.7. The third-order valence-corrected chi connectivity index (χ3v) is 3.47. The number of likely N-dealkylation sites (N-methyl/N-ethyl adjacent to an activating group) is 1. The van der Waals surface area contributed by atoms with Crippen LogP contribution >= 0.6 is 0 Å². The molecular weight excluding hydrogens is 296 g/mol. The van der Waals surface area contributed by atoms with Crippen LogP contribution in [0, 0.1) is 0 Å². The number of amides is 1. The van der Waals surface area contributed by atoms with Crippen LogP contribution in [0.15, 0.2) is 0 Å². The lowest BCUT2D eigenvalue weighted by atomic mass is 10.0. The highest BCUT2D eigenvalue weighted by Gasteiger charge is 2.33. The van der Waals surface area contributed by atoms with Crippen molar-refractivity contribution in [2.45, 2.75) is 30.8 Å². The fourth-order valence-electron chi connectivity index (χ4n) is 1.88. The second-order valence-electron chi connectivity index (χ2n) is 5.93. The topological polar surface area (TPSA) is 150 Å². The number of carbonyl (C=O) groups is 1. The van der Waals surface area contributed by atoms with E-state index < -0.39 is 36.9 Å². The van der Waals surface area contributed by atoms with Crippen molar-refractivity contribution in [2.24, 2.45) is 0 Å². The van der Waals surface area contributed by atoms with E-state index >= 15 is 0 Å². The Morgan fingerprint density at radius 1 is 1.05 bits per heavy atom. The van der Waals surface area contributed by atoms with Gasteiger partial charge in [-0.1, -0.05) is 0 Å². The van der Waals surface area contributed by atoms with E-state index in [0.717, 1.165) is 0 Å². The van der Waals surface area contributed by atoms with Crippen molar-refractivity contribution >= 4 is 5.91 Å². The SMILES string of the molecule is C[N+](C)(CCO)CCCNC(=O)[C@@H](O)[C@H](O)[C@@H](O)[C@@H](O)CO. The average molecular weight is 325 g/mol. The molecule has 9 heteroatoms.